The van der Waals surface area contributed by atoms with Crippen LogP contribution in [0, 0.1) is 5.41 Å². The SMILES string of the molecule is CN(C)C(=O)c1cc2n(n1)CCCN(c1nc(OC[C@@]34CCCN3C[C@H](F)C4)nc3c1COC1(C3)c3cc(N(C(=O)O)C(C)(C)C)ccc3CC1(C)C)C2. The van der Waals surface area contributed by atoms with E-state index in [0.29, 0.717) is 57.0 Å². The van der Waals surface area contributed by atoms with Crippen LogP contribution < -0.4 is 14.5 Å². The number of rotatable bonds is 6. The third-order valence-corrected chi connectivity index (χ3v) is 12.5. The summed E-state index contributed by atoms with van der Waals surface area (Å²) in [5, 5.41) is 14.9. The van der Waals surface area contributed by atoms with E-state index in [1.54, 1.807) is 14.1 Å². The summed E-state index contributed by atoms with van der Waals surface area (Å²) in [5.41, 5.74) is 3.60. The highest BCUT2D eigenvalue weighted by Crippen LogP contribution is 2.57. The largest absolute Gasteiger partial charge is 0.465 e. The van der Waals surface area contributed by atoms with Crippen LogP contribution in [0.4, 0.5) is 20.7 Å². The van der Waals surface area contributed by atoms with Crippen LogP contribution in [0.1, 0.15) is 98.9 Å². The molecule has 1 N–H and O–H groups in total. The van der Waals surface area contributed by atoms with E-state index in [1.807, 2.05) is 49.7 Å². The summed E-state index contributed by atoms with van der Waals surface area (Å²) >= 11 is 0. The van der Waals surface area contributed by atoms with Gasteiger partial charge in [0.2, 0.25) is 0 Å². The summed E-state index contributed by atoms with van der Waals surface area (Å²) in [6, 6.07) is 8.07. The van der Waals surface area contributed by atoms with Gasteiger partial charge in [0.05, 0.1) is 30.1 Å². The third kappa shape index (κ3) is 6.00. The van der Waals surface area contributed by atoms with Crippen molar-refractivity contribution in [1.29, 1.82) is 0 Å². The number of aryl methyl sites for hydroxylation is 1. The van der Waals surface area contributed by atoms with E-state index in [4.69, 9.17) is 19.4 Å². The number of benzene rings is 1. The first-order valence-corrected chi connectivity index (χ1v) is 19.3. The summed E-state index contributed by atoms with van der Waals surface area (Å²) in [7, 11) is 3.45. The minimum atomic E-state index is -1.01. The van der Waals surface area contributed by atoms with Gasteiger partial charge in [0, 0.05) is 68.8 Å². The van der Waals surface area contributed by atoms with Crippen molar-refractivity contribution in [2.75, 3.05) is 50.1 Å². The maximum Gasteiger partial charge on any atom is 0.412 e. The number of ether oxygens (including phenoxy) is 2. The second-order valence-electron chi connectivity index (χ2n) is 17.8. The quantitative estimate of drug-likeness (QED) is 0.342. The molecule has 3 aromatic rings. The van der Waals surface area contributed by atoms with Crippen LogP contribution in [0.3, 0.4) is 0 Å². The fourth-order valence-corrected chi connectivity index (χ4v) is 9.83. The van der Waals surface area contributed by atoms with Gasteiger partial charge in [-0.1, -0.05) is 19.9 Å². The number of hydrogen-bond acceptors (Lipinski definition) is 9. The first kappa shape index (κ1) is 36.7. The van der Waals surface area contributed by atoms with Crippen LogP contribution in [0.15, 0.2) is 24.3 Å². The van der Waals surface area contributed by atoms with Crippen molar-refractivity contribution in [3.8, 4) is 6.01 Å². The Labute approximate surface area is 316 Å². The molecule has 2 saturated heterocycles. The van der Waals surface area contributed by atoms with Crippen LogP contribution in [0.2, 0.25) is 0 Å². The number of carboxylic acid groups (broad SMARTS) is 1. The van der Waals surface area contributed by atoms with Gasteiger partial charge in [-0.2, -0.15) is 15.1 Å². The lowest BCUT2D eigenvalue weighted by molar-refractivity contribution is -0.139. The summed E-state index contributed by atoms with van der Waals surface area (Å²) in [6.07, 6.45) is 2.44. The van der Waals surface area contributed by atoms with Crippen molar-refractivity contribution in [2.45, 2.75) is 116 Å². The molecule has 2 aromatic heterocycles. The number of aromatic nitrogens is 4. The monoisotopic (exact) mass is 744 g/mol. The second kappa shape index (κ2) is 12.9. The molecule has 54 heavy (non-hydrogen) atoms. The van der Waals surface area contributed by atoms with Crippen molar-refractivity contribution >= 4 is 23.5 Å². The van der Waals surface area contributed by atoms with Crippen LogP contribution in [-0.2, 0) is 42.9 Å². The third-order valence-electron chi connectivity index (χ3n) is 12.5. The van der Waals surface area contributed by atoms with E-state index in [-0.39, 0.29) is 29.5 Å². The fourth-order valence-electron chi connectivity index (χ4n) is 9.83. The Balaban J connectivity index is 1.20. The van der Waals surface area contributed by atoms with Gasteiger partial charge in [-0.25, -0.2) is 9.18 Å². The van der Waals surface area contributed by atoms with Crippen LogP contribution in [0.25, 0.3) is 0 Å². The first-order chi connectivity index (χ1) is 25.5. The highest BCUT2D eigenvalue weighted by atomic mass is 19.1. The number of hydrogen-bond donors (Lipinski definition) is 1. The smallest absolute Gasteiger partial charge is 0.412 e. The molecule has 13 nitrogen and oxygen atoms in total. The van der Waals surface area contributed by atoms with Crippen LogP contribution in [0.5, 0.6) is 6.01 Å². The highest BCUT2D eigenvalue weighted by molar-refractivity contribution is 5.92. The van der Waals surface area contributed by atoms with Gasteiger partial charge in [0.15, 0.2) is 5.69 Å². The van der Waals surface area contributed by atoms with E-state index >= 15 is 0 Å². The summed E-state index contributed by atoms with van der Waals surface area (Å²) < 4.78 is 30.3. The molecule has 6 heterocycles. The van der Waals surface area contributed by atoms with E-state index < -0.39 is 23.4 Å². The van der Waals surface area contributed by atoms with Crippen molar-refractivity contribution < 1.29 is 28.6 Å². The number of halogens is 1. The lowest BCUT2D eigenvalue weighted by Crippen LogP contribution is -2.47. The number of carbonyl (C=O) groups excluding carboxylic acids is 1. The zero-order valence-corrected chi connectivity index (χ0v) is 32.6. The number of nitrogens with zero attached hydrogens (tertiary/aromatic N) is 8. The van der Waals surface area contributed by atoms with E-state index in [2.05, 4.69) is 28.7 Å². The predicted molar refractivity (Wildman–Crippen MR) is 201 cm³/mol. The standard InChI is InChI=1S/C40H53FN8O5/c1-37(2,3)49(36(51)52)27-11-10-25-18-38(4,5)40(30(25)16-27)20-32-29(23-54-40)33(43-35(42-32)53-24-39-12-8-14-47(39)21-26(41)19-39)46-13-9-15-48-28(22-46)17-31(44-48)34(50)45(6)7/h10-11,16-17,26H,8-9,12-15,18-24H2,1-7H3,(H,51,52)/t26-,39+,40?/m1/s1. The van der Waals surface area contributed by atoms with E-state index in [1.165, 1.54) is 9.80 Å². The Bertz CT molecular complexity index is 1990. The molecule has 4 aliphatic heterocycles. The molecule has 2 fully saturated rings. The Morgan fingerprint density at radius 1 is 1.09 bits per heavy atom. The van der Waals surface area contributed by atoms with E-state index in [0.717, 1.165) is 66.1 Å². The maximum atomic E-state index is 14.7. The van der Waals surface area contributed by atoms with Gasteiger partial charge >= 0.3 is 12.1 Å². The minimum Gasteiger partial charge on any atom is -0.465 e. The van der Waals surface area contributed by atoms with Gasteiger partial charge in [0.1, 0.15) is 24.2 Å². The molecule has 0 bridgehead atoms. The molecule has 5 aliphatic rings. The zero-order chi connectivity index (χ0) is 38.4. The topological polar surface area (TPSA) is 129 Å². The van der Waals surface area contributed by atoms with E-state index in [9.17, 15) is 19.1 Å². The number of fused-ring (bicyclic) bond motifs is 5. The molecule has 1 spiro atoms. The average molecular weight is 745 g/mol. The molecule has 2 amide bonds. The van der Waals surface area contributed by atoms with Crippen molar-refractivity contribution in [2.24, 2.45) is 5.41 Å². The summed E-state index contributed by atoms with van der Waals surface area (Å²) in [5.74, 6) is 0.584. The molecule has 1 unspecified atom stereocenters. The molecule has 290 valence electrons. The van der Waals surface area contributed by atoms with Crippen molar-refractivity contribution in [1.82, 2.24) is 29.5 Å². The molecule has 8 rings (SSSR count). The van der Waals surface area contributed by atoms with Gasteiger partial charge in [-0.05, 0) is 82.3 Å². The van der Waals surface area contributed by atoms with Gasteiger partial charge in [0.25, 0.3) is 5.91 Å². The Kier molecular flexibility index (Phi) is 8.76. The molecule has 0 radical (unpaired) electrons. The Morgan fingerprint density at radius 3 is 2.63 bits per heavy atom. The molecule has 1 aromatic carbocycles. The van der Waals surface area contributed by atoms with Gasteiger partial charge in [-0.15, -0.1) is 0 Å². The maximum absolute atomic E-state index is 14.7. The summed E-state index contributed by atoms with van der Waals surface area (Å²) in [4.78, 5) is 43.0. The lowest BCUT2D eigenvalue weighted by atomic mass is 9.71. The lowest BCUT2D eigenvalue weighted by Gasteiger charge is -2.45. The predicted octanol–water partition coefficient (Wildman–Crippen LogP) is 5.57. The molecular weight excluding hydrogens is 691 g/mol. The van der Waals surface area contributed by atoms with Gasteiger partial charge in [-0.3, -0.25) is 19.3 Å². The molecule has 0 saturated carbocycles. The Morgan fingerprint density at radius 2 is 1.89 bits per heavy atom. The number of amides is 2. The number of anilines is 2. The second-order valence-corrected chi connectivity index (χ2v) is 17.8. The molecular formula is C40H53FN8O5. The normalized spacial score (nSPS) is 25.9. The fraction of sp³-hybridized carbons (Fsp3) is 0.625. The van der Waals surface area contributed by atoms with Crippen molar-refractivity contribution in [3.05, 3.63) is 58.0 Å². The van der Waals surface area contributed by atoms with Crippen molar-refractivity contribution in [3.63, 3.8) is 0 Å². The van der Waals surface area contributed by atoms with Gasteiger partial charge < -0.3 is 24.4 Å². The number of alkyl halides is 1. The molecule has 14 heteroatoms. The first-order valence-electron chi connectivity index (χ1n) is 19.3. The summed E-state index contributed by atoms with van der Waals surface area (Å²) in [6.45, 7) is 13.8. The van der Waals surface area contributed by atoms with Crippen LogP contribution in [-0.4, -0.2) is 104 Å². The molecule has 1 aliphatic carbocycles. The number of carbonyl (C=O) groups is 2. The zero-order valence-electron chi connectivity index (χ0n) is 32.6. The minimum absolute atomic E-state index is 0.143. The Hall–Kier alpha value is -4.30. The molecule has 3 atom stereocenters. The highest BCUT2D eigenvalue weighted by Gasteiger charge is 2.56. The average Bonchev–Trinajstić information content (AvgIpc) is 3.77. The van der Waals surface area contributed by atoms with Crippen LogP contribution >= 0.6 is 0 Å².